The molecule has 6 rings (SSSR count). The van der Waals surface area contributed by atoms with E-state index in [0.29, 0.717) is 34.3 Å². The number of carboxylic acid groups (broad SMARTS) is 1. The predicted molar refractivity (Wildman–Crippen MR) is 149 cm³/mol. The minimum absolute atomic E-state index is 0.128. The van der Waals surface area contributed by atoms with Crippen LogP contribution in [0.2, 0.25) is 5.02 Å². The molecule has 2 aromatic heterocycles. The smallest absolute Gasteiger partial charge is 0.346 e. The molecule has 1 saturated heterocycles. The molecule has 202 valence electrons. The topological polar surface area (TPSA) is 76.8 Å². The number of carbonyl (C=O) groups is 1. The van der Waals surface area contributed by atoms with Crippen molar-refractivity contribution in [2.45, 2.75) is 38.6 Å². The zero-order valence-electron chi connectivity index (χ0n) is 21.1. The van der Waals surface area contributed by atoms with Crippen molar-refractivity contribution >= 4 is 44.8 Å². The Morgan fingerprint density at radius 3 is 2.85 bits per heavy atom. The first-order valence-electron chi connectivity index (χ1n) is 12.9. The summed E-state index contributed by atoms with van der Waals surface area (Å²) in [7, 11) is 0. The van der Waals surface area contributed by atoms with Crippen LogP contribution in [0.3, 0.4) is 0 Å². The first kappa shape index (κ1) is 26.0. The Hall–Kier alpha value is -3.24. The summed E-state index contributed by atoms with van der Waals surface area (Å²) >= 11 is 7.06. The maximum atomic E-state index is 14.1. The monoisotopic (exact) mass is 567 g/mol. The van der Waals surface area contributed by atoms with Crippen molar-refractivity contribution in [1.29, 1.82) is 0 Å². The van der Waals surface area contributed by atoms with E-state index in [2.05, 4.69) is 21.6 Å². The van der Waals surface area contributed by atoms with Crippen LogP contribution in [0.25, 0.3) is 15.9 Å². The molecular formula is C29H27ClFN3O4S. The highest BCUT2D eigenvalue weighted by Crippen LogP contribution is 2.30. The van der Waals surface area contributed by atoms with E-state index in [1.165, 1.54) is 23.0 Å². The SMILES string of the molecule is O=C(O)c1cc2c(nc(CN3CC=C(c4cccc(OCc5ccc(Cl)cc5F)c4)CC3)n2C[C@@H]2CCO2)s1. The second-order valence-corrected chi connectivity index (χ2v) is 11.3. The number of fused-ring (bicyclic) bond motifs is 1. The fourth-order valence-corrected chi connectivity index (χ4v) is 5.98. The van der Waals surface area contributed by atoms with Crippen LogP contribution in [0.4, 0.5) is 4.39 Å². The highest BCUT2D eigenvalue weighted by atomic mass is 35.5. The summed E-state index contributed by atoms with van der Waals surface area (Å²) in [4.78, 5) is 19.7. The summed E-state index contributed by atoms with van der Waals surface area (Å²) in [6, 6.07) is 14.2. The highest BCUT2D eigenvalue weighted by Gasteiger charge is 2.25. The fraction of sp³-hybridized carbons (Fsp3) is 0.310. The van der Waals surface area contributed by atoms with Crippen LogP contribution in [0, 0.1) is 5.82 Å². The standard InChI is InChI=1S/C29H27ClFN3O4S/c30-21-5-4-20(24(31)13-21)17-38-22-3-1-2-19(12-22)18-6-9-33(10-7-18)16-27-32-28-25(14-26(39-28)29(35)36)34(27)15-23-8-11-37-23/h1-6,12-14,23H,7-11,15-17H2,(H,35,36)/t23-/m0/s1. The minimum atomic E-state index is -0.925. The van der Waals surface area contributed by atoms with Crippen molar-refractivity contribution in [3.8, 4) is 5.75 Å². The number of carboxylic acids is 1. The second kappa shape index (κ2) is 11.1. The second-order valence-electron chi connectivity index (χ2n) is 9.79. The van der Waals surface area contributed by atoms with Crippen LogP contribution < -0.4 is 4.74 Å². The lowest BCUT2D eigenvalue weighted by Crippen LogP contribution is -2.33. The summed E-state index contributed by atoms with van der Waals surface area (Å²) < 4.78 is 27.8. The lowest BCUT2D eigenvalue weighted by Gasteiger charge is -2.29. The lowest BCUT2D eigenvalue weighted by molar-refractivity contribution is -0.0591. The van der Waals surface area contributed by atoms with Gasteiger partial charge in [-0.05, 0) is 54.3 Å². The molecule has 1 atom stereocenters. The van der Waals surface area contributed by atoms with Crippen molar-refractivity contribution in [3.05, 3.63) is 87.3 Å². The van der Waals surface area contributed by atoms with E-state index in [0.717, 1.165) is 54.3 Å². The molecule has 4 aromatic rings. The first-order chi connectivity index (χ1) is 18.9. The van der Waals surface area contributed by atoms with Crippen molar-refractivity contribution in [3.63, 3.8) is 0 Å². The van der Waals surface area contributed by atoms with E-state index in [4.69, 9.17) is 26.1 Å². The van der Waals surface area contributed by atoms with E-state index in [-0.39, 0.29) is 18.5 Å². The molecule has 7 nitrogen and oxygen atoms in total. The van der Waals surface area contributed by atoms with E-state index in [1.54, 1.807) is 18.2 Å². The summed E-state index contributed by atoms with van der Waals surface area (Å²) in [5.74, 6) is 0.319. The minimum Gasteiger partial charge on any atom is -0.489 e. The fourth-order valence-electron chi connectivity index (χ4n) is 4.93. The Bertz CT molecular complexity index is 1560. The van der Waals surface area contributed by atoms with Crippen LogP contribution in [-0.2, 0) is 24.4 Å². The number of benzene rings is 2. The maximum Gasteiger partial charge on any atom is 0.346 e. The molecule has 2 aliphatic rings. The molecule has 0 unspecified atom stereocenters. The molecule has 0 bridgehead atoms. The van der Waals surface area contributed by atoms with E-state index >= 15 is 0 Å². The molecule has 4 heterocycles. The van der Waals surface area contributed by atoms with Crippen molar-refractivity contribution in [1.82, 2.24) is 14.5 Å². The third-order valence-electron chi connectivity index (χ3n) is 7.19. The van der Waals surface area contributed by atoms with Gasteiger partial charge in [0.25, 0.3) is 0 Å². The normalized spacial score (nSPS) is 17.7. The van der Waals surface area contributed by atoms with Gasteiger partial charge in [-0.15, -0.1) is 11.3 Å². The predicted octanol–water partition coefficient (Wildman–Crippen LogP) is 6.25. The van der Waals surface area contributed by atoms with Gasteiger partial charge in [0.05, 0.1) is 24.7 Å². The highest BCUT2D eigenvalue weighted by molar-refractivity contribution is 7.20. The Morgan fingerprint density at radius 2 is 2.13 bits per heavy atom. The van der Waals surface area contributed by atoms with Gasteiger partial charge in [0.2, 0.25) is 0 Å². The van der Waals surface area contributed by atoms with Crippen LogP contribution in [0.15, 0.2) is 54.6 Å². The molecule has 39 heavy (non-hydrogen) atoms. The molecular weight excluding hydrogens is 541 g/mol. The molecule has 0 saturated carbocycles. The molecule has 0 radical (unpaired) electrons. The van der Waals surface area contributed by atoms with E-state index in [9.17, 15) is 14.3 Å². The van der Waals surface area contributed by atoms with Gasteiger partial charge in [-0.1, -0.05) is 35.9 Å². The average molecular weight is 568 g/mol. The zero-order valence-corrected chi connectivity index (χ0v) is 22.7. The Morgan fingerprint density at radius 1 is 1.26 bits per heavy atom. The Kier molecular flexibility index (Phi) is 7.40. The molecule has 0 spiro atoms. The molecule has 2 aromatic carbocycles. The number of aromatic nitrogens is 2. The molecule has 2 aliphatic heterocycles. The molecule has 1 N–H and O–H groups in total. The van der Waals surface area contributed by atoms with Gasteiger partial charge >= 0.3 is 5.97 Å². The number of thiophene rings is 1. The molecule has 1 fully saturated rings. The van der Waals surface area contributed by atoms with Gasteiger partial charge in [0, 0.05) is 30.3 Å². The largest absolute Gasteiger partial charge is 0.489 e. The number of hydrogen-bond donors (Lipinski definition) is 1. The van der Waals surface area contributed by atoms with E-state index < -0.39 is 5.97 Å². The number of ether oxygens (including phenoxy) is 2. The maximum absolute atomic E-state index is 14.1. The van der Waals surface area contributed by atoms with Crippen LogP contribution in [0.1, 0.15) is 39.5 Å². The molecule has 0 aliphatic carbocycles. The lowest BCUT2D eigenvalue weighted by atomic mass is 9.99. The number of rotatable bonds is 9. The van der Waals surface area contributed by atoms with Crippen molar-refractivity contribution in [2.24, 2.45) is 0 Å². The Labute approximate surface area is 234 Å². The number of imidazole rings is 1. The average Bonchev–Trinajstić information content (AvgIpc) is 3.45. The summed E-state index contributed by atoms with van der Waals surface area (Å²) in [5, 5.41) is 9.77. The third-order valence-corrected chi connectivity index (χ3v) is 8.43. The van der Waals surface area contributed by atoms with Crippen molar-refractivity contribution < 1.29 is 23.8 Å². The van der Waals surface area contributed by atoms with Gasteiger partial charge in [-0.3, -0.25) is 4.90 Å². The quantitative estimate of drug-likeness (QED) is 0.258. The Balaban J connectivity index is 1.13. The summed E-state index contributed by atoms with van der Waals surface area (Å²) in [6.07, 6.45) is 4.25. The summed E-state index contributed by atoms with van der Waals surface area (Å²) in [6.45, 7) is 3.90. The van der Waals surface area contributed by atoms with Gasteiger partial charge in [0.1, 0.15) is 33.7 Å². The number of aromatic carboxylic acids is 1. The van der Waals surface area contributed by atoms with Crippen LogP contribution in [0.5, 0.6) is 5.75 Å². The van der Waals surface area contributed by atoms with Crippen LogP contribution >= 0.6 is 22.9 Å². The number of hydrogen-bond acceptors (Lipinski definition) is 6. The number of nitrogens with zero attached hydrogens (tertiary/aromatic N) is 3. The van der Waals surface area contributed by atoms with Gasteiger partial charge < -0.3 is 19.1 Å². The zero-order chi connectivity index (χ0) is 26.9. The molecule has 10 heteroatoms. The number of halogens is 2. The molecule has 0 amide bonds. The van der Waals surface area contributed by atoms with Crippen LogP contribution in [-0.4, -0.2) is 51.3 Å². The first-order valence-corrected chi connectivity index (χ1v) is 14.0. The van der Waals surface area contributed by atoms with Gasteiger partial charge in [-0.25, -0.2) is 14.2 Å². The third kappa shape index (κ3) is 5.72. The van der Waals surface area contributed by atoms with Crippen molar-refractivity contribution in [2.75, 3.05) is 19.7 Å². The van der Waals surface area contributed by atoms with Gasteiger partial charge in [0.15, 0.2) is 0 Å². The van der Waals surface area contributed by atoms with E-state index in [1.807, 2.05) is 18.2 Å². The summed E-state index contributed by atoms with van der Waals surface area (Å²) in [5.41, 5.74) is 3.66. The van der Waals surface area contributed by atoms with Gasteiger partial charge in [-0.2, -0.15) is 0 Å².